The Morgan fingerprint density at radius 3 is 2.76 bits per heavy atom. The molecule has 0 bridgehead atoms. The fourth-order valence-electron chi connectivity index (χ4n) is 2.33. The van der Waals surface area contributed by atoms with Crippen LogP contribution >= 0.6 is 0 Å². The number of oxime groups is 1. The van der Waals surface area contributed by atoms with Gasteiger partial charge in [-0.2, -0.15) is 0 Å². The van der Waals surface area contributed by atoms with Crippen molar-refractivity contribution in [3.8, 4) is 0 Å². The molecule has 0 amide bonds. The predicted molar refractivity (Wildman–Crippen MR) is 76.7 cm³/mol. The summed E-state index contributed by atoms with van der Waals surface area (Å²) in [5, 5.41) is 3.88. The largest absolute Gasteiger partial charge is 0.468 e. The van der Waals surface area contributed by atoms with Gasteiger partial charge in [0.05, 0.1) is 12.8 Å². The molecule has 1 fully saturated rings. The lowest BCUT2D eigenvalue weighted by Crippen LogP contribution is -2.43. The first-order valence-electron chi connectivity index (χ1n) is 7.00. The molecule has 0 aromatic heterocycles. The zero-order valence-electron chi connectivity index (χ0n) is 12.5. The number of hydrogen-bond donors (Lipinski definition) is 0. The normalized spacial score (nSPS) is 23.7. The maximum Gasteiger partial charge on any atom is 0.316 e. The Morgan fingerprint density at radius 1 is 1.48 bits per heavy atom. The molecule has 1 rings (SSSR count). The first-order valence-corrected chi connectivity index (χ1v) is 7.00. The Labute approximate surface area is 124 Å². The Morgan fingerprint density at radius 2 is 2.19 bits per heavy atom. The van der Waals surface area contributed by atoms with Crippen molar-refractivity contribution in [2.24, 2.45) is 17.0 Å². The van der Waals surface area contributed by atoms with Crippen LogP contribution < -0.4 is 0 Å². The van der Waals surface area contributed by atoms with Crippen molar-refractivity contribution in [1.82, 2.24) is 0 Å². The van der Waals surface area contributed by atoms with Gasteiger partial charge in [-0.05, 0) is 19.3 Å². The average molecular weight is 295 g/mol. The maximum absolute atomic E-state index is 12.4. The van der Waals surface area contributed by atoms with Crippen molar-refractivity contribution < 1.29 is 24.0 Å². The summed E-state index contributed by atoms with van der Waals surface area (Å²) in [6.07, 6.45) is 3.08. The van der Waals surface area contributed by atoms with E-state index in [0.29, 0.717) is 18.6 Å². The smallest absolute Gasteiger partial charge is 0.316 e. The van der Waals surface area contributed by atoms with Crippen LogP contribution in [0.1, 0.15) is 32.6 Å². The Balaban J connectivity index is 2.98. The third-order valence-electron chi connectivity index (χ3n) is 3.33. The molecule has 0 radical (unpaired) electrons. The van der Waals surface area contributed by atoms with E-state index >= 15 is 0 Å². The van der Waals surface area contributed by atoms with Gasteiger partial charge >= 0.3 is 5.97 Å². The molecule has 21 heavy (non-hydrogen) atoms. The molecule has 0 aromatic carbocycles. The molecule has 0 spiro atoms. The summed E-state index contributed by atoms with van der Waals surface area (Å²) in [5.41, 5.74) is 0.389. The summed E-state index contributed by atoms with van der Waals surface area (Å²) >= 11 is 0. The third kappa shape index (κ3) is 4.24. The van der Waals surface area contributed by atoms with Gasteiger partial charge < -0.3 is 9.57 Å². The van der Waals surface area contributed by atoms with Gasteiger partial charge in [-0.1, -0.05) is 24.7 Å². The Bertz CT molecular complexity index is 455. The molecule has 2 atom stereocenters. The summed E-state index contributed by atoms with van der Waals surface area (Å²) in [4.78, 5) is 41.2. The minimum absolute atomic E-state index is 0.201. The second-order valence-electron chi connectivity index (χ2n) is 4.83. The number of rotatable bonds is 7. The van der Waals surface area contributed by atoms with Crippen LogP contribution in [0.4, 0.5) is 0 Å². The molecule has 2 unspecified atom stereocenters. The van der Waals surface area contributed by atoms with Crippen LogP contribution in [0.5, 0.6) is 0 Å². The van der Waals surface area contributed by atoms with E-state index in [1.807, 2.05) is 6.92 Å². The van der Waals surface area contributed by atoms with Gasteiger partial charge in [0.15, 0.2) is 5.78 Å². The maximum atomic E-state index is 12.4. The van der Waals surface area contributed by atoms with E-state index < -0.39 is 23.6 Å². The summed E-state index contributed by atoms with van der Waals surface area (Å²) < 4.78 is 4.63. The summed E-state index contributed by atoms with van der Waals surface area (Å²) in [6.45, 7) is 5.56. The quantitative estimate of drug-likeness (QED) is 0.235. The second kappa shape index (κ2) is 8.34. The minimum atomic E-state index is -0.993. The Kier molecular flexibility index (Phi) is 6.78. The summed E-state index contributed by atoms with van der Waals surface area (Å²) in [7, 11) is 1.23. The monoisotopic (exact) mass is 295 g/mol. The molecule has 6 heteroatoms. The van der Waals surface area contributed by atoms with Crippen molar-refractivity contribution in [3.05, 3.63) is 12.7 Å². The molecule has 1 aliphatic rings. The molecule has 1 saturated carbocycles. The number of esters is 1. The highest BCUT2D eigenvalue weighted by molar-refractivity contribution is 6.25. The first kappa shape index (κ1) is 17.1. The lowest BCUT2D eigenvalue weighted by Gasteiger charge is -2.26. The molecule has 1 aliphatic carbocycles. The molecule has 0 heterocycles. The van der Waals surface area contributed by atoms with Crippen molar-refractivity contribution in [2.45, 2.75) is 32.6 Å². The fourth-order valence-corrected chi connectivity index (χ4v) is 2.33. The van der Waals surface area contributed by atoms with Gasteiger partial charge in [-0.15, -0.1) is 0 Å². The molecule has 6 nitrogen and oxygen atoms in total. The number of Topliss-reactive ketones (excluding diaryl/α,β-unsaturated/α-hetero) is 2. The highest BCUT2D eigenvalue weighted by atomic mass is 16.6. The topological polar surface area (TPSA) is 82.0 Å². The number of nitrogens with zero attached hydrogens (tertiary/aromatic N) is 1. The predicted octanol–water partition coefficient (Wildman–Crippen LogP) is 1.68. The number of ketones is 2. The molecule has 0 saturated heterocycles. The number of carbonyl (C=O) groups is 3. The van der Waals surface area contributed by atoms with Gasteiger partial charge in [-0.25, -0.2) is 0 Å². The van der Waals surface area contributed by atoms with Gasteiger partial charge in [-0.3, -0.25) is 14.4 Å². The minimum Gasteiger partial charge on any atom is -0.468 e. The van der Waals surface area contributed by atoms with Crippen LogP contribution in [0.2, 0.25) is 0 Å². The SMILES string of the molecule is C=CCON=C1CCC(C(=O)OC)C(=O)C1C(=O)CCC. The van der Waals surface area contributed by atoms with E-state index in [1.54, 1.807) is 0 Å². The van der Waals surface area contributed by atoms with E-state index in [0.717, 1.165) is 0 Å². The Hall–Kier alpha value is -1.98. The van der Waals surface area contributed by atoms with Crippen LogP contribution in [0.3, 0.4) is 0 Å². The third-order valence-corrected chi connectivity index (χ3v) is 3.33. The average Bonchev–Trinajstić information content (AvgIpc) is 2.47. The zero-order chi connectivity index (χ0) is 15.8. The van der Waals surface area contributed by atoms with Gasteiger partial charge in [0.25, 0.3) is 0 Å². The van der Waals surface area contributed by atoms with Gasteiger partial charge in [0.1, 0.15) is 24.2 Å². The highest BCUT2D eigenvalue weighted by Crippen LogP contribution is 2.27. The molecule has 116 valence electrons. The number of carbonyl (C=O) groups excluding carboxylic acids is 3. The molecule has 0 aliphatic heterocycles. The van der Waals surface area contributed by atoms with Crippen molar-refractivity contribution in [3.63, 3.8) is 0 Å². The second-order valence-corrected chi connectivity index (χ2v) is 4.83. The summed E-state index contributed by atoms with van der Waals surface area (Å²) in [5.74, 6) is -3.14. The van der Waals surface area contributed by atoms with Crippen LogP contribution in [0.25, 0.3) is 0 Å². The standard InChI is InChI=1S/C15H21NO5/c1-4-6-12(17)13-11(16-21-9-5-2)8-7-10(14(13)18)15(19)20-3/h5,10,13H,2,4,6-9H2,1,3H3. The van der Waals surface area contributed by atoms with E-state index in [4.69, 9.17) is 4.84 Å². The lowest BCUT2D eigenvalue weighted by atomic mass is 9.76. The van der Waals surface area contributed by atoms with Crippen LogP contribution in [0.15, 0.2) is 17.8 Å². The molecular formula is C15H21NO5. The number of hydrogen-bond acceptors (Lipinski definition) is 6. The van der Waals surface area contributed by atoms with E-state index in [1.165, 1.54) is 13.2 Å². The van der Waals surface area contributed by atoms with Crippen molar-refractivity contribution >= 4 is 23.2 Å². The molecular weight excluding hydrogens is 274 g/mol. The van der Waals surface area contributed by atoms with Gasteiger partial charge in [0.2, 0.25) is 0 Å². The zero-order valence-corrected chi connectivity index (χ0v) is 12.5. The van der Waals surface area contributed by atoms with Crippen LogP contribution in [0, 0.1) is 11.8 Å². The fraction of sp³-hybridized carbons (Fsp3) is 0.600. The lowest BCUT2D eigenvalue weighted by molar-refractivity contribution is -0.151. The highest BCUT2D eigenvalue weighted by Gasteiger charge is 2.43. The molecule has 0 N–H and O–H groups in total. The number of ether oxygens (including phenoxy) is 1. The van der Waals surface area contributed by atoms with Crippen LogP contribution in [-0.4, -0.2) is 37.0 Å². The first-order chi connectivity index (χ1) is 10.1. The van der Waals surface area contributed by atoms with Crippen molar-refractivity contribution in [1.29, 1.82) is 0 Å². The van der Waals surface area contributed by atoms with E-state index in [2.05, 4.69) is 16.5 Å². The van der Waals surface area contributed by atoms with Crippen LogP contribution in [-0.2, 0) is 24.0 Å². The molecule has 0 aromatic rings. The van der Waals surface area contributed by atoms with Gasteiger partial charge in [0, 0.05) is 6.42 Å². The summed E-state index contributed by atoms with van der Waals surface area (Å²) in [6, 6.07) is 0. The van der Waals surface area contributed by atoms with E-state index in [9.17, 15) is 14.4 Å². The van der Waals surface area contributed by atoms with Crippen molar-refractivity contribution in [2.75, 3.05) is 13.7 Å². The van der Waals surface area contributed by atoms with E-state index in [-0.39, 0.29) is 25.2 Å². The number of methoxy groups -OCH3 is 1.